The van der Waals surface area contributed by atoms with Crippen LogP contribution in [-0.4, -0.2) is 37.9 Å². The van der Waals surface area contributed by atoms with E-state index in [1.165, 1.54) is 0 Å². The molecule has 0 atom stereocenters. The predicted octanol–water partition coefficient (Wildman–Crippen LogP) is 1.49. The van der Waals surface area contributed by atoms with E-state index in [0.29, 0.717) is 24.4 Å². The zero-order valence-electron chi connectivity index (χ0n) is 11.4. The molecule has 2 aromatic rings. The minimum absolute atomic E-state index is 0.329. The summed E-state index contributed by atoms with van der Waals surface area (Å²) in [6.45, 7) is 5.30. The van der Waals surface area contributed by atoms with Gasteiger partial charge in [-0.05, 0) is 13.3 Å². The van der Waals surface area contributed by atoms with Gasteiger partial charge < -0.3 is 10.1 Å². The zero-order valence-corrected chi connectivity index (χ0v) is 11.4. The van der Waals surface area contributed by atoms with Crippen LogP contribution >= 0.6 is 0 Å². The van der Waals surface area contributed by atoms with Crippen LogP contribution in [-0.2, 0) is 7.05 Å². The monoisotopic (exact) mass is 262 g/mol. The fourth-order valence-corrected chi connectivity index (χ4v) is 1.53. The molecule has 102 valence electrons. The summed E-state index contributed by atoms with van der Waals surface area (Å²) in [6.07, 6.45) is 4.57. The highest BCUT2D eigenvalue weighted by atomic mass is 16.5. The van der Waals surface area contributed by atoms with Gasteiger partial charge in [-0.15, -0.1) is 0 Å². The maximum absolute atomic E-state index is 5.37. The average molecular weight is 262 g/mol. The third-order valence-electron chi connectivity index (χ3n) is 2.38. The van der Waals surface area contributed by atoms with Crippen LogP contribution < -0.4 is 10.1 Å². The topological polar surface area (TPSA) is 77.8 Å². The summed E-state index contributed by atoms with van der Waals surface area (Å²) in [5.41, 5.74) is 0.838. The first-order chi connectivity index (χ1) is 9.22. The Hall–Kier alpha value is -2.18. The number of hydrogen-bond donors (Lipinski definition) is 1. The molecule has 0 aliphatic rings. The molecule has 19 heavy (non-hydrogen) atoms. The molecule has 0 saturated carbocycles. The summed E-state index contributed by atoms with van der Waals surface area (Å²) in [5, 5.41) is 7.26. The van der Waals surface area contributed by atoms with E-state index >= 15 is 0 Å². The van der Waals surface area contributed by atoms with Gasteiger partial charge in [0.15, 0.2) is 5.82 Å². The lowest BCUT2D eigenvalue weighted by molar-refractivity contribution is 0.312. The van der Waals surface area contributed by atoms with Crippen molar-refractivity contribution in [3.63, 3.8) is 0 Å². The smallest absolute Gasteiger partial charge is 0.321 e. The Balaban J connectivity index is 2.33. The number of ether oxygens (including phenoxy) is 1. The Bertz CT molecular complexity index is 539. The Labute approximate surface area is 112 Å². The molecule has 0 spiro atoms. The van der Waals surface area contributed by atoms with Crippen LogP contribution in [0.15, 0.2) is 12.4 Å². The molecule has 0 aliphatic heterocycles. The van der Waals surface area contributed by atoms with Gasteiger partial charge in [0.1, 0.15) is 0 Å². The first-order valence-corrected chi connectivity index (χ1v) is 6.34. The van der Waals surface area contributed by atoms with Gasteiger partial charge in [0.25, 0.3) is 0 Å². The average Bonchev–Trinajstić information content (AvgIpc) is 2.83. The SMILES string of the molecule is CCCNc1nc(OCC)nc(-c2cnn(C)c2)n1. The maximum atomic E-state index is 5.37. The number of nitrogens with zero attached hydrogens (tertiary/aromatic N) is 5. The van der Waals surface area contributed by atoms with Gasteiger partial charge in [0.05, 0.1) is 18.4 Å². The van der Waals surface area contributed by atoms with Crippen LogP contribution in [0.25, 0.3) is 11.4 Å². The molecule has 0 unspecified atom stereocenters. The largest absolute Gasteiger partial charge is 0.464 e. The minimum Gasteiger partial charge on any atom is -0.464 e. The van der Waals surface area contributed by atoms with Crippen LogP contribution in [0, 0.1) is 0 Å². The van der Waals surface area contributed by atoms with Crippen molar-refractivity contribution in [2.45, 2.75) is 20.3 Å². The number of aromatic nitrogens is 5. The van der Waals surface area contributed by atoms with Gasteiger partial charge in [-0.1, -0.05) is 6.92 Å². The molecule has 0 radical (unpaired) electrons. The third kappa shape index (κ3) is 3.40. The molecule has 1 N–H and O–H groups in total. The first-order valence-electron chi connectivity index (χ1n) is 6.34. The first kappa shape index (κ1) is 13.3. The van der Waals surface area contributed by atoms with Crippen molar-refractivity contribution in [1.29, 1.82) is 0 Å². The van der Waals surface area contributed by atoms with Crippen molar-refractivity contribution in [1.82, 2.24) is 24.7 Å². The van der Waals surface area contributed by atoms with Gasteiger partial charge in [0, 0.05) is 19.8 Å². The zero-order chi connectivity index (χ0) is 13.7. The highest BCUT2D eigenvalue weighted by molar-refractivity contribution is 5.54. The fraction of sp³-hybridized carbons (Fsp3) is 0.500. The number of aryl methyl sites for hydroxylation is 1. The lowest BCUT2D eigenvalue weighted by Crippen LogP contribution is -2.08. The van der Waals surface area contributed by atoms with Crippen molar-refractivity contribution in [3.8, 4) is 17.4 Å². The minimum atomic E-state index is 0.329. The standard InChI is InChI=1S/C12H18N6O/c1-4-6-13-11-15-10(9-7-14-18(3)8-9)16-12(17-11)19-5-2/h7-8H,4-6H2,1-3H3,(H,13,15,16,17). The molecular weight excluding hydrogens is 244 g/mol. The van der Waals surface area contributed by atoms with Crippen molar-refractivity contribution in [2.75, 3.05) is 18.5 Å². The van der Waals surface area contributed by atoms with E-state index in [1.807, 2.05) is 20.2 Å². The summed E-state index contributed by atoms with van der Waals surface area (Å²) < 4.78 is 7.07. The van der Waals surface area contributed by atoms with Gasteiger partial charge in [0.2, 0.25) is 5.95 Å². The van der Waals surface area contributed by atoms with Gasteiger partial charge in [-0.25, -0.2) is 0 Å². The second kappa shape index (κ2) is 6.12. The van der Waals surface area contributed by atoms with Crippen LogP contribution in [0.3, 0.4) is 0 Å². The molecule has 0 saturated heterocycles. The molecule has 7 heteroatoms. The molecular formula is C12H18N6O. The lowest BCUT2D eigenvalue weighted by atomic mass is 10.3. The van der Waals surface area contributed by atoms with Crippen LogP contribution in [0.2, 0.25) is 0 Å². The molecule has 2 rings (SSSR count). The Kier molecular flexibility index (Phi) is 4.27. The maximum Gasteiger partial charge on any atom is 0.321 e. The second-order valence-electron chi connectivity index (χ2n) is 4.03. The van der Waals surface area contributed by atoms with Crippen molar-refractivity contribution in [3.05, 3.63) is 12.4 Å². The van der Waals surface area contributed by atoms with E-state index in [4.69, 9.17) is 4.74 Å². The lowest BCUT2D eigenvalue weighted by Gasteiger charge is -2.07. The van der Waals surface area contributed by atoms with E-state index in [-0.39, 0.29) is 0 Å². The quantitative estimate of drug-likeness (QED) is 0.850. The van der Waals surface area contributed by atoms with Crippen LogP contribution in [0.5, 0.6) is 6.01 Å². The third-order valence-corrected chi connectivity index (χ3v) is 2.38. The van der Waals surface area contributed by atoms with E-state index in [2.05, 4.69) is 32.3 Å². The number of nitrogens with one attached hydrogen (secondary N) is 1. The Morgan fingerprint density at radius 2 is 2.11 bits per heavy atom. The number of hydrogen-bond acceptors (Lipinski definition) is 6. The molecule has 0 aliphatic carbocycles. The molecule has 0 fully saturated rings. The summed E-state index contributed by atoms with van der Waals surface area (Å²) >= 11 is 0. The molecule has 0 aromatic carbocycles. The van der Waals surface area contributed by atoms with Gasteiger partial charge in [-0.3, -0.25) is 4.68 Å². The van der Waals surface area contributed by atoms with Gasteiger partial charge >= 0.3 is 6.01 Å². The molecule has 2 aromatic heterocycles. The molecule has 0 bridgehead atoms. The Morgan fingerprint density at radius 3 is 2.74 bits per heavy atom. The summed E-state index contributed by atoms with van der Waals surface area (Å²) in [4.78, 5) is 12.9. The van der Waals surface area contributed by atoms with Crippen LogP contribution in [0.1, 0.15) is 20.3 Å². The fourth-order valence-electron chi connectivity index (χ4n) is 1.53. The van der Waals surface area contributed by atoms with Crippen molar-refractivity contribution >= 4 is 5.95 Å². The molecule has 2 heterocycles. The predicted molar refractivity (Wildman–Crippen MR) is 72.0 cm³/mol. The van der Waals surface area contributed by atoms with E-state index in [0.717, 1.165) is 18.5 Å². The van der Waals surface area contributed by atoms with Crippen LogP contribution in [0.4, 0.5) is 5.95 Å². The van der Waals surface area contributed by atoms with E-state index in [1.54, 1.807) is 10.9 Å². The second-order valence-corrected chi connectivity index (χ2v) is 4.03. The summed E-state index contributed by atoms with van der Waals surface area (Å²) in [7, 11) is 1.85. The molecule has 0 amide bonds. The molecule has 7 nitrogen and oxygen atoms in total. The highest BCUT2D eigenvalue weighted by Gasteiger charge is 2.10. The van der Waals surface area contributed by atoms with Gasteiger partial charge in [-0.2, -0.15) is 20.1 Å². The normalized spacial score (nSPS) is 10.5. The van der Waals surface area contributed by atoms with Crippen molar-refractivity contribution < 1.29 is 4.74 Å². The summed E-state index contributed by atoms with van der Waals surface area (Å²) in [5.74, 6) is 1.09. The number of anilines is 1. The summed E-state index contributed by atoms with van der Waals surface area (Å²) in [6, 6.07) is 0.329. The van der Waals surface area contributed by atoms with E-state index in [9.17, 15) is 0 Å². The Morgan fingerprint density at radius 1 is 1.26 bits per heavy atom. The number of rotatable bonds is 6. The highest BCUT2D eigenvalue weighted by Crippen LogP contribution is 2.17. The van der Waals surface area contributed by atoms with Crippen molar-refractivity contribution in [2.24, 2.45) is 7.05 Å². The van der Waals surface area contributed by atoms with E-state index < -0.39 is 0 Å².